The lowest BCUT2D eigenvalue weighted by atomic mass is 10.0. The topological polar surface area (TPSA) is 70.2 Å². The van der Waals surface area contributed by atoms with Gasteiger partial charge in [-0.3, -0.25) is 9.59 Å². The summed E-state index contributed by atoms with van der Waals surface area (Å²) in [6, 6.07) is 5.49. The van der Waals surface area contributed by atoms with Gasteiger partial charge in [-0.25, -0.2) is 0 Å². The van der Waals surface area contributed by atoms with Gasteiger partial charge in [0.05, 0.1) is 6.42 Å². The van der Waals surface area contributed by atoms with Gasteiger partial charge in [-0.2, -0.15) is 0 Å². The Balaban J connectivity index is 2.77. The summed E-state index contributed by atoms with van der Waals surface area (Å²) in [4.78, 5) is 25.1. The molecule has 0 fully saturated rings. The van der Waals surface area contributed by atoms with Gasteiger partial charge in [-0.1, -0.05) is 15.9 Å². The van der Waals surface area contributed by atoms with Gasteiger partial charge in [0.2, 0.25) is 0 Å². The number of aliphatic carboxylic acids is 1. The summed E-state index contributed by atoms with van der Waals surface area (Å²) in [6.07, 6.45) is -0.260. The smallest absolute Gasteiger partial charge is 0.308 e. The van der Waals surface area contributed by atoms with Crippen molar-refractivity contribution in [3.05, 3.63) is 44.2 Å². The number of rotatable bonds is 2. The number of aromatic nitrogens is 1. The molecule has 0 saturated carbocycles. The zero-order valence-corrected chi connectivity index (χ0v) is 10.7. The molecule has 0 amide bonds. The summed E-state index contributed by atoms with van der Waals surface area (Å²) < 4.78 is 0.890. The highest BCUT2D eigenvalue weighted by Crippen LogP contribution is 2.22. The van der Waals surface area contributed by atoms with Crippen molar-refractivity contribution in [1.29, 1.82) is 0 Å². The van der Waals surface area contributed by atoms with E-state index in [1.54, 1.807) is 13.0 Å². The quantitative estimate of drug-likeness (QED) is 0.892. The van der Waals surface area contributed by atoms with E-state index in [-0.39, 0.29) is 12.0 Å². The number of pyridine rings is 1. The molecule has 1 aromatic carbocycles. The number of hydrogen-bond acceptors (Lipinski definition) is 2. The van der Waals surface area contributed by atoms with Crippen LogP contribution in [0.3, 0.4) is 0 Å². The van der Waals surface area contributed by atoms with E-state index < -0.39 is 5.97 Å². The number of aromatic amines is 1. The van der Waals surface area contributed by atoms with Crippen molar-refractivity contribution in [2.45, 2.75) is 13.3 Å². The highest BCUT2D eigenvalue weighted by Gasteiger charge is 2.12. The van der Waals surface area contributed by atoms with E-state index in [2.05, 4.69) is 20.9 Å². The minimum Gasteiger partial charge on any atom is -0.481 e. The largest absolute Gasteiger partial charge is 0.481 e. The maximum absolute atomic E-state index is 11.7. The first-order valence-corrected chi connectivity index (χ1v) is 5.81. The summed E-state index contributed by atoms with van der Waals surface area (Å²) in [6.45, 7) is 1.77. The maximum atomic E-state index is 11.7. The lowest BCUT2D eigenvalue weighted by Gasteiger charge is -2.07. The van der Waals surface area contributed by atoms with Gasteiger partial charge >= 0.3 is 5.97 Å². The van der Waals surface area contributed by atoms with Crippen molar-refractivity contribution < 1.29 is 9.90 Å². The molecule has 2 aromatic rings. The zero-order valence-electron chi connectivity index (χ0n) is 9.08. The van der Waals surface area contributed by atoms with E-state index in [1.165, 1.54) is 0 Å². The molecule has 4 nitrogen and oxygen atoms in total. The molecule has 0 aliphatic carbocycles. The number of carboxylic acid groups (broad SMARTS) is 1. The molecule has 0 bridgehead atoms. The second-order valence-electron chi connectivity index (χ2n) is 3.82. The number of H-pyrrole nitrogens is 1. The molecule has 0 atom stereocenters. The number of carbonyl (C=O) groups is 1. The van der Waals surface area contributed by atoms with Gasteiger partial charge in [0.25, 0.3) is 5.56 Å². The van der Waals surface area contributed by atoms with Gasteiger partial charge < -0.3 is 10.1 Å². The summed E-state index contributed by atoms with van der Waals surface area (Å²) in [5.74, 6) is -1.01. The van der Waals surface area contributed by atoms with Crippen LogP contribution in [-0.2, 0) is 11.2 Å². The van der Waals surface area contributed by atoms with Crippen LogP contribution in [-0.4, -0.2) is 16.1 Å². The van der Waals surface area contributed by atoms with Gasteiger partial charge in [0, 0.05) is 20.9 Å². The van der Waals surface area contributed by atoms with E-state index in [9.17, 15) is 9.59 Å². The molecule has 1 heterocycles. The molecule has 0 spiro atoms. The average molecular weight is 296 g/mol. The predicted molar refractivity (Wildman–Crippen MR) is 68.3 cm³/mol. The lowest BCUT2D eigenvalue weighted by Crippen LogP contribution is -2.18. The first kappa shape index (κ1) is 11.9. The van der Waals surface area contributed by atoms with E-state index in [1.807, 2.05) is 12.1 Å². The van der Waals surface area contributed by atoms with Crippen LogP contribution in [0.25, 0.3) is 10.9 Å². The Kier molecular flexibility index (Phi) is 3.02. The van der Waals surface area contributed by atoms with Crippen molar-refractivity contribution in [1.82, 2.24) is 4.98 Å². The molecule has 1 aromatic heterocycles. The Morgan fingerprint density at radius 1 is 1.47 bits per heavy atom. The second-order valence-corrected chi connectivity index (χ2v) is 4.73. The highest BCUT2D eigenvalue weighted by molar-refractivity contribution is 9.10. The molecule has 17 heavy (non-hydrogen) atoms. The first-order valence-electron chi connectivity index (χ1n) is 5.02. The molecule has 2 rings (SSSR count). The summed E-state index contributed by atoms with van der Waals surface area (Å²) >= 11 is 3.35. The predicted octanol–water partition coefficient (Wildman–Crippen LogP) is 2.23. The first-order chi connectivity index (χ1) is 7.99. The van der Waals surface area contributed by atoms with Crippen LogP contribution in [0.5, 0.6) is 0 Å². The van der Waals surface area contributed by atoms with Crippen LogP contribution in [0.1, 0.15) is 11.1 Å². The van der Waals surface area contributed by atoms with Crippen molar-refractivity contribution >= 4 is 32.8 Å². The third-order valence-electron chi connectivity index (χ3n) is 2.69. The number of nitrogens with one attached hydrogen (secondary N) is 1. The zero-order chi connectivity index (χ0) is 12.6. The van der Waals surface area contributed by atoms with Crippen LogP contribution in [0.4, 0.5) is 0 Å². The third kappa shape index (κ3) is 2.24. The van der Waals surface area contributed by atoms with E-state index in [4.69, 9.17) is 5.11 Å². The number of fused-ring (bicyclic) bond motifs is 1. The fraction of sp³-hybridized carbons (Fsp3) is 0.167. The minimum atomic E-state index is -1.01. The molecule has 0 radical (unpaired) electrons. The maximum Gasteiger partial charge on any atom is 0.308 e. The normalized spacial score (nSPS) is 10.7. The summed E-state index contributed by atoms with van der Waals surface area (Å²) in [5.41, 5.74) is 1.40. The number of benzene rings is 1. The Hall–Kier alpha value is -1.62. The second kappa shape index (κ2) is 4.33. The lowest BCUT2D eigenvalue weighted by molar-refractivity contribution is -0.136. The van der Waals surface area contributed by atoms with E-state index in [0.29, 0.717) is 16.6 Å². The van der Waals surface area contributed by atoms with Gasteiger partial charge in [0.15, 0.2) is 0 Å². The Labute approximate surface area is 105 Å². The van der Waals surface area contributed by atoms with Crippen molar-refractivity contribution in [2.24, 2.45) is 0 Å². The van der Waals surface area contributed by atoms with Crippen LogP contribution >= 0.6 is 15.9 Å². The van der Waals surface area contributed by atoms with Crippen LogP contribution < -0.4 is 5.56 Å². The molecule has 5 heteroatoms. The van der Waals surface area contributed by atoms with Crippen LogP contribution in [0.2, 0.25) is 0 Å². The SMILES string of the molecule is Cc1c(CC(=O)O)c(=O)[nH]c2ccc(Br)cc12. The Morgan fingerprint density at radius 2 is 2.18 bits per heavy atom. The summed E-state index contributed by atoms with van der Waals surface area (Å²) in [5, 5.41) is 9.64. The standard InChI is InChI=1S/C12H10BrNO3/c1-6-8-4-7(13)2-3-10(8)14-12(17)9(6)5-11(15)16/h2-4H,5H2,1H3,(H,14,17)(H,15,16). The Bertz CT molecular complexity index is 661. The van der Waals surface area contributed by atoms with Gasteiger partial charge in [0.1, 0.15) is 0 Å². The monoisotopic (exact) mass is 295 g/mol. The molecule has 0 saturated heterocycles. The van der Waals surface area contributed by atoms with E-state index in [0.717, 1.165) is 9.86 Å². The minimum absolute atomic E-state index is 0.260. The van der Waals surface area contributed by atoms with Crippen LogP contribution in [0.15, 0.2) is 27.5 Å². The fourth-order valence-corrected chi connectivity index (χ4v) is 2.19. The van der Waals surface area contributed by atoms with Crippen molar-refractivity contribution in [2.75, 3.05) is 0 Å². The molecule has 0 unspecified atom stereocenters. The molecular formula is C12H10BrNO3. The number of aryl methyl sites for hydroxylation is 1. The Morgan fingerprint density at radius 3 is 2.82 bits per heavy atom. The molecule has 0 aliphatic heterocycles. The molecule has 2 N–H and O–H groups in total. The number of carboxylic acids is 1. The number of hydrogen-bond donors (Lipinski definition) is 2. The summed E-state index contributed by atoms with van der Waals surface area (Å²) in [7, 11) is 0. The van der Waals surface area contributed by atoms with Crippen LogP contribution in [0, 0.1) is 6.92 Å². The average Bonchev–Trinajstić information content (AvgIpc) is 2.25. The molecular weight excluding hydrogens is 286 g/mol. The van der Waals surface area contributed by atoms with Crippen molar-refractivity contribution in [3.8, 4) is 0 Å². The fourth-order valence-electron chi connectivity index (χ4n) is 1.83. The van der Waals surface area contributed by atoms with Crippen molar-refractivity contribution in [3.63, 3.8) is 0 Å². The van der Waals surface area contributed by atoms with Gasteiger partial charge in [-0.05, 0) is 30.7 Å². The van der Waals surface area contributed by atoms with Gasteiger partial charge in [-0.15, -0.1) is 0 Å². The molecule has 88 valence electrons. The highest BCUT2D eigenvalue weighted by atomic mass is 79.9. The molecule has 0 aliphatic rings. The van der Waals surface area contributed by atoms with E-state index >= 15 is 0 Å². The third-order valence-corrected chi connectivity index (χ3v) is 3.18. The number of halogens is 1.